The van der Waals surface area contributed by atoms with Crippen LogP contribution in [0.3, 0.4) is 0 Å². The third-order valence-corrected chi connectivity index (χ3v) is 3.88. The maximum Gasteiger partial charge on any atom is 0.269 e. The molecule has 20 heavy (non-hydrogen) atoms. The number of nitrogens with two attached hydrogens (primary N) is 1. The van der Waals surface area contributed by atoms with Crippen LogP contribution in [-0.2, 0) is 0 Å². The highest BCUT2D eigenvalue weighted by molar-refractivity contribution is 7.98. The molecule has 4 nitrogen and oxygen atoms in total. The Bertz CT molecular complexity index is 786. The second-order valence-electron chi connectivity index (χ2n) is 4.12. The van der Waals surface area contributed by atoms with E-state index in [1.54, 1.807) is 12.3 Å². The van der Waals surface area contributed by atoms with Crippen LogP contribution in [0, 0.1) is 5.82 Å². The van der Waals surface area contributed by atoms with Gasteiger partial charge in [-0.1, -0.05) is 18.2 Å². The lowest BCUT2D eigenvalue weighted by molar-refractivity contribution is 0.0991. The number of hydrogen-bond donors (Lipinski definition) is 1. The topological polar surface area (TPSA) is 60.9 Å². The van der Waals surface area contributed by atoms with Crippen LogP contribution in [0.1, 0.15) is 10.5 Å². The Hall–Kier alpha value is -2.34. The summed E-state index contributed by atoms with van der Waals surface area (Å²) in [6, 6.07) is 11.0. The monoisotopic (exact) mass is 287 g/mol. The Kier molecular flexibility index (Phi) is 3.15. The van der Waals surface area contributed by atoms with Crippen LogP contribution < -0.4 is 5.73 Å². The number of fused-ring (bicyclic) bond motifs is 1. The van der Waals surface area contributed by atoms with Crippen molar-refractivity contribution in [3.05, 3.63) is 60.3 Å². The number of hydrogen-bond acceptors (Lipinski definition) is 3. The third kappa shape index (κ3) is 2.04. The molecule has 3 aromatic rings. The highest BCUT2D eigenvalue weighted by atomic mass is 32.2. The molecule has 0 atom stereocenters. The van der Waals surface area contributed by atoms with Crippen molar-refractivity contribution < 1.29 is 9.18 Å². The first-order valence-corrected chi connectivity index (χ1v) is 6.63. The van der Waals surface area contributed by atoms with Gasteiger partial charge < -0.3 is 5.73 Å². The molecular formula is C14H10FN3OS. The van der Waals surface area contributed by atoms with Gasteiger partial charge in [0.25, 0.3) is 5.91 Å². The van der Waals surface area contributed by atoms with Gasteiger partial charge in [0, 0.05) is 17.3 Å². The molecule has 2 aromatic heterocycles. The molecule has 0 spiro atoms. The quantitative estimate of drug-likeness (QED) is 0.805. The van der Waals surface area contributed by atoms with Crippen molar-refractivity contribution in [3.8, 4) is 0 Å². The number of halogens is 1. The zero-order valence-electron chi connectivity index (χ0n) is 10.3. The molecule has 0 saturated heterocycles. The molecule has 0 radical (unpaired) electrons. The molecule has 1 amide bonds. The van der Waals surface area contributed by atoms with E-state index in [9.17, 15) is 9.18 Å². The highest BCUT2D eigenvalue weighted by Crippen LogP contribution is 2.31. The molecule has 0 aliphatic rings. The highest BCUT2D eigenvalue weighted by Gasteiger charge is 2.22. The van der Waals surface area contributed by atoms with Gasteiger partial charge in [0.05, 0.1) is 10.9 Å². The zero-order valence-corrected chi connectivity index (χ0v) is 11.1. The molecule has 0 unspecified atom stereocenters. The smallest absolute Gasteiger partial charge is 0.269 e. The Morgan fingerprint density at radius 1 is 1.25 bits per heavy atom. The van der Waals surface area contributed by atoms with Crippen molar-refractivity contribution in [2.45, 2.75) is 4.90 Å². The molecule has 100 valence electrons. The standard InChI is InChI=1S/C14H10FN3OS/c15-12-10-8-17-7-6-11(10)18(13(12)14(16)19)20-9-4-2-1-3-5-9/h1-8H,(H2,16,19). The SMILES string of the molecule is NC(=O)c1c(F)c2cnccc2n1Sc1ccccc1. The van der Waals surface area contributed by atoms with E-state index in [0.29, 0.717) is 5.52 Å². The zero-order chi connectivity index (χ0) is 14.1. The fourth-order valence-corrected chi connectivity index (χ4v) is 2.97. The predicted molar refractivity (Wildman–Crippen MR) is 75.9 cm³/mol. The van der Waals surface area contributed by atoms with E-state index in [0.717, 1.165) is 4.90 Å². The summed E-state index contributed by atoms with van der Waals surface area (Å²) in [5.41, 5.74) is 5.72. The molecule has 0 aliphatic carbocycles. The summed E-state index contributed by atoms with van der Waals surface area (Å²) in [6.45, 7) is 0. The van der Waals surface area contributed by atoms with Gasteiger partial charge in [-0.25, -0.2) is 4.39 Å². The van der Waals surface area contributed by atoms with Crippen LogP contribution in [0.15, 0.2) is 53.7 Å². The lowest BCUT2D eigenvalue weighted by Crippen LogP contribution is -2.16. The van der Waals surface area contributed by atoms with Crippen molar-refractivity contribution in [2.75, 3.05) is 0 Å². The first kappa shape index (κ1) is 12.7. The van der Waals surface area contributed by atoms with Crippen molar-refractivity contribution in [1.29, 1.82) is 0 Å². The molecule has 6 heteroatoms. The summed E-state index contributed by atoms with van der Waals surface area (Å²) in [5, 5.41) is 0.282. The van der Waals surface area contributed by atoms with E-state index in [-0.39, 0.29) is 11.1 Å². The second-order valence-corrected chi connectivity index (χ2v) is 5.14. The lowest BCUT2D eigenvalue weighted by atomic mass is 10.3. The van der Waals surface area contributed by atoms with Crippen LogP contribution in [-0.4, -0.2) is 14.9 Å². The molecule has 0 bridgehead atoms. The van der Waals surface area contributed by atoms with E-state index in [2.05, 4.69) is 4.98 Å². The fraction of sp³-hybridized carbons (Fsp3) is 0. The second kappa shape index (κ2) is 4.97. The van der Waals surface area contributed by atoms with Crippen molar-refractivity contribution in [1.82, 2.24) is 8.96 Å². The summed E-state index contributed by atoms with van der Waals surface area (Å²) in [6.07, 6.45) is 2.94. The number of pyridine rings is 1. The Morgan fingerprint density at radius 3 is 2.70 bits per heavy atom. The molecule has 0 saturated carbocycles. The normalized spacial score (nSPS) is 10.8. The molecule has 2 heterocycles. The first-order valence-electron chi connectivity index (χ1n) is 5.85. The number of carbonyl (C=O) groups is 1. The lowest BCUT2D eigenvalue weighted by Gasteiger charge is -2.07. The summed E-state index contributed by atoms with van der Waals surface area (Å²) in [7, 11) is 0. The van der Waals surface area contributed by atoms with Crippen LogP contribution in [0.4, 0.5) is 4.39 Å². The van der Waals surface area contributed by atoms with E-state index in [4.69, 9.17) is 5.73 Å². The fourth-order valence-electron chi connectivity index (χ4n) is 1.96. The third-order valence-electron chi connectivity index (χ3n) is 2.84. The Morgan fingerprint density at radius 2 is 2.00 bits per heavy atom. The van der Waals surface area contributed by atoms with Gasteiger partial charge in [-0.2, -0.15) is 0 Å². The molecule has 2 N–H and O–H groups in total. The van der Waals surface area contributed by atoms with Crippen molar-refractivity contribution >= 4 is 28.8 Å². The molecule has 3 rings (SSSR count). The van der Waals surface area contributed by atoms with Gasteiger partial charge in [-0.05, 0) is 30.1 Å². The van der Waals surface area contributed by atoms with E-state index in [1.165, 1.54) is 22.1 Å². The molecule has 0 aliphatic heterocycles. The number of rotatable bonds is 3. The number of nitrogens with zero attached hydrogens (tertiary/aromatic N) is 2. The largest absolute Gasteiger partial charge is 0.364 e. The van der Waals surface area contributed by atoms with Gasteiger partial charge in [-0.3, -0.25) is 13.8 Å². The average molecular weight is 287 g/mol. The van der Waals surface area contributed by atoms with Crippen LogP contribution in [0.2, 0.25) is 0 Å². The number of primary amides is 1. The summed E-state index contributed by atoms with van der Waals surface area (Å²) >= 11 is 1.24. The van der Waals surface area contributed by atoms with Crippen molar-refractivity contribution in [2.24, 2.45) is 5.73 Å². The minimum absolute atomic E-state index is 0.151. The summed E-state index contributed by atoms with van der Waals surface area (Å²) in [5.74, 6) is -1.44. The van der Waals surface area contributed by atoms with E-state index >= 15 is 0 Å². The first-order chi connectivity index (χ1) is 9.68. The van der Waals surface area contributed by atoms with Crippen molar-refractivity contribution in [3.63, 3.8) is 0 Å². The summed E-state index contributed by atoms with van der Waals surface area (Å²) < 4.78 is 15.8. The van der Waals surface area contributed by atoms with Crippen LogP contribution in [0.25, 0.3) is 10.9 Å². The molecule has 0 fully saturated rings. The van der Waals surface area contributed by atoms with Gasteiger partial charge in [0.1, 0.15) is 0 Å². The van der Waals surface area contributed by atoms with Crippen LogP contribution in [0.5, 0.6) is 0 Å². The minimum atomic E-state index is -0.804. The van der Waals surface area contributed by atoms with E-state index in [1.807, 2.05) is 30.3 Å². The molecule has 1 aromatic carbocycles. The summed E-state index contributed by atoms with van der Waals surface area (Å²) in [4.78, 5) is 16.3. The minimum Gasteiger partial charge on any atom is -0.364 e. The number of aromatic nitrogens is 2. The maximum absolute atomic E-state index is 14.3. The van der Waals surface area contributed by atoms with Gasteiger partial charge in [0.15, 0.2) is 11.5 Å². The number of carbonyl (C=O) groups excluding carboxylic acids is 1. The van der Waals surface area contributed by atoms with Gasteiger partial charge >= 0.3 is 0 Å². The predicted octanol–water partition coefficient (Wildman–Crippen LogP) is 2.83. The molecular weight excluding hydrogens is 277 g/mol. The maximum atomic E-state index is 14.3. The number of amides is 1. The Labute approximate surface area is 118 Å². The van der Waals surface area contributed by atoms with E-state index < -0.39 is 11.7 Å². The van der Waals surface area contributed by atoms with Gasteiger partial charge in [0.2, 0.25) is 0 Å². The van der Waals surface area contributed by atoms with Crippen LogP contribution >= 0.6 is 11.9 Å². The number of benzene rings is 1. The average Bonchev–Trinajstić information content (AvgIpc) is 2.74. The Balaban J connectivity index is 2.22. The van der Waals surface area contributed by atoms with Gasteiger partial charge in [-0.15, -0.1) is 0 Å².